The molecule has 31 heavy (non-hydrogen) atoms. The molecule has 0 spiro atoms. The molecule has 0 aromatic carbocycles. The monoisotopic (exact) mass is 448 g/mol. The summed E-state index contributed by atoms with van der Waals surface area (Å²) in [5.74, 6) is 0.527. The van der Waals surface area contributed by atoms with Crippen LogP contribution in [0, 0.1) is 19.8 Å². The third-order valence-electron chi connectivity index (χ3n) is 5.55. The lowest BCUT2D eigenvalue weighted by molar-refractivity contribution is 0.0803. The van der Waals surface area contributed by atoms with Crippen molar-refractivity contribution >= 4 is 33.3 Å². The fourth-order valence-corrected chi connectivity index (χ4v) is 5.05. The number of hydrogen-bond donors (Lipinski definition) is 2. The quantitative estimate of drug-likeness (QED) is 0.485. The molecule has 3 aromatic rings. The molecule has 1 aliphatic rings. The number of methoxy groups -OCH3 is 1. The van der Waals surface area contributed by atoms with E-state index in [2.05, 4.69) is 25.6 Å². The number of alkyl halides is 2. The van der Waals surface area contributed by atoms with Crippen LogP contribution in [0.25, 0.3) is 20.8 Å². The predicted octanol–water partition coefficient (Wildman–Crippen LogP) is 4.67. The number of rotatable bonds is 8. The highest BCUT2D eigenvalue weighted by molar-refractivity contribution is 7.21. The topological polar surface area (TPSA) is 84.8 Å². The van der Waals surface area contributed by atoms with Crippen molar-refractivity contribution in [3.63, 3.8) is 0 Å². The van der Waals surface area contributed by atoms with Crippen molar-refractivity contribution in [2.24, 2.45) is 5.92 Å². The van der Waals surface area contributed by atoms with Crippen LogP contribution >= 0.6 is 11.3 Å². The molecule has 10 heteroatoms. The number of thiazole rings is 1. The highest BCUT2D eigenvalue weighted by Crippen LogP contribution is 2.39. The molecule has 0 amide bonds. The molecule has 7 nitrogen and oxygen atoms in total. The van der Waals surface area contributed by atoms with E-state index < -0.39 is 12.3 Å². The average Bonchev–Trinajstić information content (AvgIpc) is 3.36. The molecule has 1 saturated carbocycles. The Labute approximate surface area is 183 Å². The third-order valence-corrected chi connectivity index (χ3v) is 6.59. The first-order chi connectivity index (χ1) is 15.0. The highest BCUT2D eigenvalue weighted by atomic mass is 32.1. The van der Waals surface area contributed by atoms with E-state index in [1.807, 2.05) is 19.9 Å². The smallest absolute Gasteiger partial charge is 0.241 e. The molecule has 3 heterocycles. The third kappa shape index (κ3) is 4.74. The first-order valence-corrected chi connectivity index (χ1v) is 11.2. The lowest BCUT2D eigenvalue weighted by Crippen LogP contribution is -2.20. The maximum atomic E-state index is 13.2. The standard InChI is InChI=1S/C21H26F2N6OS/c1-11-16(20-28-17-12(2)24-7-6-15(17)31-20)19(29-21(26-11)25-8-9-30-3)27-14-5-4-13(10-14)18(22)23/h6-7,13-14,18H,4-5,8-10H2,1-3H3,(H2,25,26,27,29). The van der Waals surface area contributed by atoms with Gasteiger partial charge < -0.3 is 15.4 Å². The van der Waals surface area contributed by atoms with Gasteiger partial charge in [-0.3, -0.25) is 4.98 Å². The Morgan fingerprint density at radius 1 is 1.19 bits per heavy atom. The molecule has 0 radical (unpaired) electrons. The van der Waals surface area contributed by atoms with Gasteiger partial charge in [-0.1, -0.05) is 0 Å². The van der Waals surface area contributed by atoms with Gasteiger partial charge in [0.05, 0.1) is 28.3 Å². The van der Waals surface area contributed by atoms with Crippen LogP contribution in [-0.2, 0) is 4.74 Å². The van der Waals surface area contributed by atoms with E-state index in [1.165, 1.54) is 0 Å². The van der Waals surface area contributed by atoms with E-state index in [0.717, 1.165) is 32.2 Å². The zero-order valence-electron chi connectivity index (χ0n) is 17.8. The van der Waals surface area contributed by atoms with E-state index in [4.69, 9.17) is 9.72 Å². The number of pyridine rings is 1. The van der Waals surface area contributed by atoms with E-state index in [9.17, 15) is 8.78 Å². The Balaban J connectivity index is 1.71. The van der Waals surface area contributed by atoms with Crippen molar-refractivity contribution in [2.45, 2.75) is 45.6 Å². The molecule has 1 aliphatic carbocycles. The average molecular weight is 449 g/mol. The van der Waals surface area contributed by atoms with Crippen LogP contribution in [0.5, 0.6) is 0 Å². The van der Waals surface area contributed by atoms with Crippen LogP contribution in [-0.4, -0.2) is 52.7 Å². The van der Waals surface area contributed by atoms with Crippen molar-refractivity contribution in [1.29, 1.82) is 0 Å². The van der Waals surface area contributed by atoms with Gasteiger partial charge in [0.15, 0.2) is 0 Å². The summed E-state index contributed by atoms with van der Waals surface area (Å²) in [6, 6.07) is 1.88. The van der Waals surface area contributed by atoms with Gasteiger partial charge in [-0.15, -0.1) is 11.3 Å². The normalized spacial score (nSPS) is 18.8. The fourth-order valence-electron chi connectivity index (χ4n) is 3.94. The van der Waals surface area contributed by atoms with Crippen LogP contribution in [0.2, 0.25) is 0 Å². The van der Waals surface area contributed by atoms with Crippen LogP contribution in [0.1, 0.15) is 30.7 Å². The molecule has 3 aromatic heterocycles. The van der Waals surface area contributed by atoms with Gasteiger partial charge in [-0.2, -0.15) is 4.98 Å². The van der Waals surface area contributed by atoms with Gasteiger partial charge in [0.1, 0.15) is 16.3 Å². The van der Waals surface area contributed by atoms with Crippen molar-refractivity contribution in [3.05, 3.63) is 23.7 Å². The van der Waals surface area contributed by atoms with E-state index in [0.29, 0.717) is 44.2 Å². The molecule has 0 bridgehead atoms. The molecule has 2 N–H and O–H groups in total. The fraction of sp³-hybridized carbons (Fsp3) is 0.524. The summed E-state index contributed by atoms with van der Waals surface area (Å²) >= 11 is 1.55. The number of fused-ring (bicyclic) bond motifs is 1. The van der Waals surface area contributed by atoms with Gasteiger partial charge >= 0.3 is 0 Å². The maximum absolute atomic E-state index is 13.2. The number of anilines is 2. The molecule has 0 aliphatic heterocycles. The Hall–Kier alpha value is -2.46. The molecule has 166 valence electrons. The van der Waals surface area contributed by atoms with E-state index >= 15 is 0 Å². The summed E-state index contributed by atoms with van der Waals surface area (Å²) in [6.45, 7) is 4.94. The largest absolute Gasteiger partial charge is 0.383 e. The highest BCUT2D eigenvalue weighted by Gasteiger charge is 2.32. The lowest BCUT2D eigenvalue weighted by Gasteiger charge is -2.18. The molecular formula is C21H26F2N6OS. The number of halogens is 2. The second-order valence-corrected chi connectivity index (χ2v) is 8.82. The van der Waals surface area contributed by atoms with Crippen molar-refractivity contribution in [1.82, 2.24) is 19.9 Å². The number of ether oxygens (including phenoxy) is 1. The molecule has 2 unspecified atom stereocenters. The molecular weight excluding hydrogens is 422 g/mol. The predicted molar refractivity (Wildman–Crippen MR) is 119 cm³/mol. The minimum Gasteiger partial charge on any atom is -0.383 e. The Kier molecular flexibility index (Phi) is 6.57. The zero-order chi connectivity index (χ0) is 22.0. The SMILES string of the molecule is COCCNc1nc(C)c(-c2nc3c(C)nccc3s2)c(NC2CCC(C(F)F)C2)n1. The Morgan fingerprint density at radius 3 is 2.74 bits per heavy atom. The van der Waals surface area contributed by atoms with Gasteiger partial charge in [0.25, 0.3) is 0 Å². The van der Waals surface area contributed by atoms with Gasteiger partial charge in [-0.25, -0.2) is 18.7 Å². The summed E-state index contributed by atoms with van der Waals surface area (Å²) in [5, 5.41) is 7.37. The number of hydrogen-bond acceptors (Lipinski definition) is 8. The van der Waals surface area contributed by atoms with E-state index in [-0.39, 0.29) is 6.04 Å². The summed E-state index contributed by atoms with van der Waals surface area (Å²) in [7, 11) is 1.63. The first kappa shape index (κ1) is 21.8. The van der Waals surface area contributed by atoms with Crippen LogP contribution in [0.15, 0.2) is 12.3 Å². The second kappa shape index (κ2) is 9.35. The summed E-state index contributed by atoms with van der Waals surface area (Å²) < 4.78 is 32.4. The summed E-state index contributed by atoms with van der Waals surface area (Å²) in [5.41, 5.74) is 3.29. The molecule has 2 atom stereocenters. The molecule has 4 rings (SSSR count). The van der Waals surface area contributed by atoms with Crippen LogP contribution < -0.4 is 10.6 Å². The minimum atomic E-state index is -2.29. The van der Waals surface area contributed by atoms with Crippen molar-refractivity contribution in [3.8, 4) is 10.6 Å². The molecule has 1 fully saturated rings. The van der Waals surface area contributed by atoms with E-state index in [1.54, 1.807) is 24.6 Å². The number of nitrogens with one attached hydrogen (secondary N) is 2. The van der Waals surface area contributed by atoms with Gasteiger partial charge in [0, 0.05) is 31.8 Å². The first-order valence-electron chi connectivity index (χ1n) is 10.3. The minimum absolute atomic E-state index is 0.0587. The van der Waals surface area contributed by atoms with Gasteiger partial charge in [-0.05, 0) is 39.2 Å². The summed E-state index contributed by atoms with van der Waals surface area (Å²) in [6.07, 6.45) is 1.11. The number of nitrogens with zero attached hydrogens (tertiary/aromatic N) is 4. The number of aromatic nitrogens is 4. The van der Waals surface area contributed by atoms with Crippen LogP contribution in [0.3, 0.4) is 0 Å². The van der Waals surface area contributed by atoms with Crippen molar-refractivity contribution < 1.29 is 13.5 Å². The maximum Gasteiger partial charge on any atom is 0.241 e. The van der Waals surface area contributed by atoms with Crippen LogP contribution in [0.4, 0.5) is 20.5 Å². The summed E-state index contributed by atoms with van der Waals surface area (Å²) in [4.78, 5) is 18.4. The second-order valence-electron chi connectivity index (χ2n) is 7.79. The Morgan fingerprint density at radius 2 is 2.03 bits per heavy atom. The Bertz CT molecular complexity index is 1060. The number of aryl methyl sites for hydroxylation is 2. The lowest BCUT2D eigenvalue weighted by atomic mass is 10.1. The molecule has 0 saturated heterocycles. The van der Waals surface area contributed by atoms with Crippen molar-refractivity contribution in [2.75, 3.05) is 30.9 Å². The van der Waals surface area contributed by atoms with Gasteiger partial charge in [0.2, 0.25) is 12.4 Å². The zero-order valence-corrected chi connectivity index (χ0v) is 18.6.